The van der Waals surface area contributed by atoms with Gasteiger partial charge in [0.15, 0.2) is 0 Å². The van der Waals surface area contributed by atoms with Crippen molar-refractivity contribution in [3.63, 3.8) is 0 Å². The van der Waals surface area contributed by atoms with Crippen LogP contribution in [0.4, 0.5) is 0 Å². The van der Waals surface area contributed by atoms with Crippen LogP contribution in [0.3, 0.4) is 0 Å². The molecular weight excluding hydrogens is 152 g/mol. The van der Waals surface area contributed by atoms with Gasteiger partial charge >= 0.3 is 11.9 Å². The van der Waals surface area contributed by atoms with Crippen LogP contribution in [0.2, 0.25) is 0 Å². The second-order valence-electron chi connectivity index (χ2n) is 1.56. The smallest absolute Gasteiger partial charge is 0.317 e. The maximum atomic E-state index is 10.5. The standard InChI is InChI=1S/C5H10O4Si/c1-2-8-4(6)3-5(7)9-10/h2-3H2,1,10H3. The summed E-state index contributed by atoms with van der Waals surface area (Å²) in [6, 6.07) is 0. The minimum absolute atomic E-state index is 0.267. The van der Waals surface area contributed by atoms with Crippen molar-refractivity contribution in [1.82, 2.24) is 0 Å². The van der Waals surface area contributed by atoms with E-state index in [2.05, 4.69) is 9.16 Å². The predicted molar refractivity (Wildman–Crippen MR) is 37.3 cm³/mol. The molecule has 5 heteroatoms. The highest BCUT2D eigenvalue weighted by Crippen LogP contribution is 1.87. The van der Waals surface area contributed by atoms with Crippen molar-refractivity contribution in [1.29, 1.82) is 0 Å². The van der Waals surface area contributed by atoms with E-state index in [1.54, 1.807) is 6.92 Å². The minimum atomic E-state index is -0.525. The van der Waals surface area contributed by atoms with E-state index in [1.807, 2.05) is 0 Å². The van der Waals surface area contributed by atoms with Crippen LogP contribution in [0.25, 0.3) is 0 Å². The number of esters is 1. The van der Waals surface area contributed by atoms with E-state index in [1.165, 1.54) is 0 Å². The van der Waals surface area contributed by atoms with Gasteiger partial charge in [-0.05, 0) is 6.92 Å². The van der Waals surface area contributed by atoms with Gasteiger partial charge in [0.2, 0.25) is 10.5 Å². The van der Waals surface area contributed by atoms with Gasteiger partial charge in [-0.1, -0.05) is 0 Å². The molecule has 0 unspecified atom stereocenters. The Morgan fingerprint density at radius 3 is 2.40 bits per heavy atom. The summed E-state index contributed by atoms with van der Waals surface area (Å²) >= 11 is 0. The van der Waals surface area contributed by atoms with Crippen molar-refractivity contribution >= 4 is 22.4 Å². The van der Waals surface area contributed by atoms with Gasteiger partial charge in [0, 0.05) is 0 Å². The third-order valence-corrected chi connectivity index (χ3v) is 1.28. The molecule has 0 amide bonds. The number of ether oxygens (including phenoxy) is 1. The van der Waals surface area contributed by atoms with E-state index in [4.69, 9.17) is 0 Å². The van der Waals surface area contributed by atoms with Gasteiger partial charge in [-0.2, -0.15) is 0 Å². The van der Waals surface area contributed by atoms with Crippen molar-refractivity contribution < 1.29 is 18.8 Å². The third kappa shape index (κ3) is 4.08. The van der Waals surface area contributed by atoms with Crippen LogP contribution in [0.1, 0.15) is 13.3 Å². The Bertz CT molecular complexity index is 134. The molecule has 0 aliphatic carbocycles. The fourth-order valence-electron chi connectivity index (χ4n) is 0.402. The van der Waals surface area contributed by atoms with E-state index >= 15 is 0 Å². The Kier molecular flexibility index (Phi) is 4.56. The van der Waals surface area contributed by atoms with Crippen LogP contribution in [0.5, 0.6) is 0 Å². The molecule has 0 saturated carbocycles. The zero-order chi connectivity index (χ0) is 7.98. The topological polar surface area (TPSA) is 52.6 Å². The molecule has 0 rings (SSSR count). The lowest BCUT2D eigenvalue weighted by Gasteiger charge is -1.99. The van der Waals surface area contributed by atoms with Crippen molar-refractivity contribution in [3.8, 4) is 0 Å². The van der Waals surface area contributed by atoms with Crippen LogP contribution < -0.4 is 0 Å². The zero-order valence-electron chi connectivity index (χ0n) is 6.05. The lowest BCUT2D eigenvalue weighted by molar-refractivity contribution is -0.149. The molecule has 0 bridgehead atoms. The normalized spacial score (nSPS) is 8.90. The monoisotopic (exact) mass is 162 g/mol. The summed E-state index contributed by atoms with van der Waals surface area (Å²) in [4.78, 5) is 20.9. The molecule has 0 heterocycles. The van der Waals surface area contributed by atoms with Gasteiger partial charge < -0.3 is 9.16 Å². The molecule has 0 atom stereocenters. The average Bonchev–Trinajstić information content (AvgIpc) is 1.88. The van der Waals surface area contributed by atoms with Gasteiger partial charge in [-0.3, -0.25) is 9.59 Å². The first kappa shape index (κ1) is 9.16. The molecule has 0 saturated heterocycles. The fraction of sp³-hybridized carbons (Fsp3) is 0.600. The highest BCUT2D eigenvalue weighted by molar-refractivity contribution is 6.07. The minimum Gasteiger partial charge on any atom is -0.528 e. The van der Waals surface area contributed by atoms with Crippen LogP contribution in [0.15, 0.2) is 0 Å². The first-order chi connectivity index (χ1) is 4.70. The maximum absolute atomic E-state index is 10.5. The number of hydrogen-bond donors (Lipinski definition) is 0. The highest BCUT2D eigenvalue weighted by Gasteiger charge is 2.08. The molecule has 0 aromatic heterocycles. The Hall–Kier alpha value is -0.843. The quantitative estimate of drug-likeness (QED) is 0.296. The summed E-state index contributed by atoms with van der Waals surface area (Å²) in [5, 5.41) is 0. The van der Waals surface area contributed by atoms with Gasteiger partial charge in [-0.15, -0.1) is 0 Å². The van der Waals surface area contributed by atoms with Crippen molar-refractivity contribution in [3.05, 3.63) is 0 Å². The number of carbonyl (C=O) groups excluding carboxylic acids is 2. The van der Waals surface area contributed by atoms with Crippen molar-refractivity contribution in [2.24, 2.45) is 0 Å². The molecule has 0 radical (unpaired) electrons. The van der Waals surface area contributed by atoms with E-state index in [9.17, 15) is 9.59 Å². The molecule has 10 heavy (non-hydrogen) atoms. The van der Waals surface area contributed by atoms with E-state index < -0.39 is 11.9 Å². The Balaban J connectivity index is 3.47. The van der Waals surface area contributed by atoms with Crippen LogP contribution in [-0.4, -0.2) is 29.0 Å². The van der Waals surface area contributed by atoms with Gasteiger partial charge in [0.1, 0.15) is 6.42 Å². The highest BCUT2D eigenvalue weighted by atomic mass is 28.2. The predicted octanol–water partition coefficient (Wildman–Crippen LogP) is -1.24. The molecule has 0 aliphatic heterocycles. The first-order valence-corrected chi connectivity index (χ1v) is 3.74. The van der Waals surface area contributed by atoms with E-state index in [0.717, 1.165) is 0 Å². The number of rotatable bonds is 3. The summed E-state index contributed by atoms with van der Waals surface area (Å²) in [6.45, 7) is 1.98. The van der Waals surface area contributed by atoms with Crippen LogP contribution in [-0.2, 0) is 18.8 Å². The fourth-order valence-corrected chi connectivity index (χ4v) is 0.546. The van der Waals surface area contributed by atoms with Crippen molar-refractivity contribution in [2.75, 3.05) is 6.61 Å². The molecule has 4 nitrogen and oxygen atoms in total. The summed E-state index contributed by atoms with van der Waals surface area (Å²) in [7, 11) is 0.325. The lowest BCUT2D eigenvalue weighted by Crippen LogP contribution is -2.12. The van der Waals surface area contributed by atoms with E-state index in [-0.39, 0.29) is 6.42 Å². The number of hydrogen-bond acceptors (Lipinski definition) is 4. The Morgan fingerprint density at radius 1 is 1.40 bits per heavy atom. The first-order valence-electron chi connectivity index (χ1n) is 2.93. The van der Waals surface area contributed by atoms with Crippen LogP contribution in [0, 0.1) is 0 Å². The van der Waals surface area contributed by atoms with E-state index in [0.29, 0.717) is 17.1 Å². The van der Waals surface area contributed by atoms with Crippen LogP contribution >= 0.6 is 0 Å². The maximum Gasteiger partial charge on any atom is 0.317 e. The molecule has 0 aliphatic rings. The Morgan fingerprint density at radius 2 is 2.00 bits per heavy atom. The summed E-state index contributed by atoms with van der Waals surface area (Å²) in [6.07, 6.45) is -0.267. The second-order valence-corrected chi connectivity index (χ2v) is 1.97. The molecule has 0 aromatic rings. The second kappa shape index (κ2) is 4.98. The average molecular weight is 162 g/mol. The summed E-state index contributed by atoms with van der Waals surface area (Å²) in [5.41, 5.74) is 0. The zero-order valence-corrected chi connectivity index (χ0v) is 8.05. The number of carbonyl (C=O) groups is 2. The molecule has 0 fully saturated rings. The van der Waals surface area contributed by atoms with Gasteiger partial charge in [0.25, 0.3) is 0 Å². The molecule has 58 valence electrons. The van der Waals surface area contributed by atoms with Gasteiger partial charge in [-0.25, -0.2) is 0 Å². The van der Waals surface area contributed by atoms with Crippen molar-refractivity contribution in [2.45, 2.75) is 13.3 Å². The summed E-state index contributed by atoms with van der Waals surface area (Å²) < 4.78 is 8.86. The lowest BCUT2D eigenvalue weighted by atomic mass is 10.4. The largest absolute Gasteiger partial charge is 0.528 e. The molecule has 0 spiro atoms. The molecule has 0 N–H and O–H groups in total. The van der Waals surface area contributed by atoms with Gasteiger partial charge in [0.05, 0.1) is 6.61 Å². The third-order valence-electron chi connectivity index (χ3n) is 0.822. The molecule has 0 aromatic carbocycles. The SMILES string of the molecule is CCOC(=O)CC(=O)O[SiH3]. The molecular formula is C5H10O4Si. The Labute approximate surface area is 62.0 Å². The summed E-state index contributed by atoms with van der Waals surface area (Å²) in [5.74, 6) is -1.03.